The number of rotatable bonds is 3. The minimum Gasteiger partial charge on any atom is -0.0622 e. The average Bonchev–Trinajstić information content (AvgIpc) is 3.29. The van der Waals surface area contributed by atoms with Crippen LogP contribution >= 0.6 is 0 Å². The Hall–Kier alpha value is -5.20. The summed E-state index contributed by atoms with van der Waals surface area (Å²) in [7, 11) is 0. The van der Waals surface area contributed by atoms with Gasteiger partial charge >= 0.3 is 0 Å². The summed E-state index contributed by atoms with van der Waals surface area (Å²) in [5.74, 6) is 0. The zero-order valence-corrected chi connectivity index (χ0v) is 24.4. The van der Waals surface area contributed by atoms with E-state index in [-0.39, 0.29) is 5.41 Å². The molecule has 0 unspecified atom stereocenters. The molecular formula is C43H30. The minimum atomic E-state index is -0.0399. The second kappa shape index (κ2) is 8.90. The van der Waals surface area contributed by atoms with Crippen molar-refractivity contribution in [3.63, 3.8) is 0 Å². The molecule has 0 radical (unpaired) electrons. The molecule has 8 aromatic rings. The summed E-state index contributed by atoms with van der Waals surface area (Å²) in [4.78, 5) is 0. The maximum absolute atomic E-state index is 2.46. The van der Waals surface area contributed by atoms with Crippen LogP contribution in [-0.2, 0) is 5.41 Å². The molecule has 0 fully saturated rings. The van der Waals surface area contributed by atoms with Gasteiger partial charge in [-0.3, -0.25) is 0 Å². The zero-order valence-electron chi connectivity index (χ0n) is 24.4. The highest BCUT2D eigenvalue weighted by molar-refractivity contribution is 6.28. The van der Waals surface area contributed by atoms with Crippen molar-refractivity contribution in [2.75, 3.05) is 0 Å². The fourth-order valence-electron chi connectivity index (χ4n) is 7.65. The van der Waals surface area contributed by atoms with E-state index in [0.717, 1.165) is 0 Å². The smallest absolute Gasteiger partial charge is 0.0159 e. The van der Waals surface area contributed by atoms with E-state index in [4.69, 9.17) is 0 Å². The number of benzene rings is 8. The first kappa shape index (κ1) is 24.4. The van der Waals surface area contributed by atoms with Gasteiger partial charge in [0.05, 0.1) is 0 Å². The van der Waals surface area contributed by atoms with E-state index in [1.165, 1.54) is 88.0 Å². The van der Waals surface area contributed by atoms with Crippen LogP contribution in [0.4, 0.5) is 0 Å². The van der Waals surface area contributed by atoms with E-state index in [1.807, 2.05) is 0 Å². The first-order chi connectivity index (χ1) is 21.1. The molecule has 9 rings (SSSR count). The molecule has 202 valence electrons. The molecule has 0 saturated heterocycles. The Morgan fingerprint density at radius 1 is 0.349 bits per heavy atom. The van der Waals surface area contributed by atoms with Crippen molar-refractivity contribution in [2.24, 2.45) is 0 Å². The quantitative estimate of drug-likeness (QED) is 0.193. The minimum absolute atomic E-state index is 0.0399. The normalized spacial score (nSPS) is 13.5. The largest absolute Gasteiger partial charge is 0.0622 e. The summed E-state index contributed by atoms with van der Waals surface area (Å²) < 4.78 is 0. The van der Waals surface area contributed by atoms with E-state index in [2.05, 4.69) is 159 Å². The van der Waals surface area contributed by atoms with Crippen LogP contribution in [0, 0.1) is 0 Å². The lowest BCUT2D eigenvalue weighted by molar-refractivity contribution is 0.660. The van der Waals surface area contributed by atoms with Crippen LogP contribution in [0.25, 0.3) is 76.8 Å². The lowest BCUT2D eigenvalue weighted by Gasteiger charge is -2.23. The van der Waals surface area contributed by atoms with Gasteiger partial charge < -0.3 is 0 Å². The van der Waals surface area contributed by atoms with Crippen molar-refractivity contribution in [3.05, 3.63) is 157 Å². The molecular weight excluding hydrogens is 516 g/mol. The molecule has 0 N–H and O–H groups in total. The van der Waals surface area contributed by atoms with E-state index in [1.54, 1.807) is 0 Å². The first-order valence-corrected chi connectivity index (χ1v) is 15.2. The molecule has 43 heavy (non-hydrogen) atoms. The maximum Gasteiger partial charge on any atom is 0.0159 e. The summed E-state index contributed by atoms with van der Waals surface area (Å²) in [5, 5.41) is 7.93. The van der Waals surface area contributed by atoms with E-state index in [0.29, 0.717) is 0 Å². The molecule has 0 bridgehead atoms. The standard InChI is InChI=1S/C43H30/c1-43(2)39-14-7-6-13-33(39)34-22-21-32(25-40(34)43)38-26-37(29-17-15-28(16-18-29)27-9-4-3-5-10-27)35-23-19-30-11-8-12-31-20-24-36(38)42(35)41(30)31/h3-26H,1-2H3. The van der Waals surface area contributed by atoms with Crippen molar-refractivity contribution < 1.29 is 0 Å². The lowest BCUT2D eigenvalue weighted by Crippen LogP contribution is -2.14. The molecule has 1 aliphatic carbocycles. The lowest BCUT2D eigenvalue weighted by atomic mass is 9.80. The highest BCUT2D eigenvalue weighted by Gasteiger charge is 2.35. The third-order valence-corrected chi connectivity index (χ3v) is 9.84. The molecule has 0 nitrogen and oxygen atoms in total. The molecule has 0 spiro atoms. The summed E-state index contributed by atoms with van der Waals surface area (Å²) in [6, 6.07) is 54.2. The Bertz CT molecular complexity index is 2320. The van der Waals surface area contributed by atoms with Gasteiger partial charge in [-0.1, -0.05) is 147 Å². The highest BCUT2D eigenvalue weighted by Crippen LogP contribution is 2.51. The first-order valence-electron chi connectivity index (χ1n) is 15.2. The van der Waals surface area contributed by atoms with Gasteiger partial charge in [-0.15, -0.1) is 0 Å². The van der Waals surface area contributed by atoms with Crippen LogP contribution in [0.1, 0.15) is 25.0 Å². The predicted octanol–water partition coefficient (Wildman–Crippen LogP) is 11.9. The van der Waals surface area contributed by atoms with Crippen LogP contribution in [-0.4, -0.2) is 0 Å². The van der Waals surface area contributed by atoms with Crippen LogP contribution in [0.3, 0.4) is 0 Å². The third kappa shape index (κ3) is 3.50. The summed E-state index contributed by atoms with van der Waals surface area (Å²) in [6.07, 6.45) is 0. The van der Waals surface area contributed by atoms with E-state index < -0.39 is 0 Å². The summed E-state index contributed by atoms with van der Waals surface area (Å²) >= 11 is 0. The number of hydrogen-bond donors (Lipinski definition) is 0. The molecule has 0 heterocycles. The Morgan fingerprint density at radius 3 is 1.67 bits per heavy atom. The topological polar surface area (TPSA) is 0 Å². The highest BCUT2D eigenvalue weighted by atomic mass is 14.4. The predicted molar refractivity (Wildman–Crippen MR) is 184 cm³/mol. The van der Waals surface area contributed by atoms with Gasteiger partial charge in [-0.05, 0) is 100 Å². The fourth-order valence-corrected chi connectivity index (χ4v) is 7.65. The fraction of sp³-hybridized carbons (Fsp3) is 0.0698. The Labute approximate surface area is 252 Å². The molecule has 0 aliphatic heterocycles. The van der Waals surface area contributed by atoms with Crippen LogP contribution in [0.5, 0.6) is 0 Å². The molecule has 0 heteroatoms. The Kier molecular flexibility index (Phi) is 5.05. The molecule has 0 atom stereocenters. The summed E-state index contributed by atoms with van der Waals surface area (Å²) in [5.41, 5.74) is 13.1. The Balaban J connectivity index is 1.31. The van der Waals surface area contributed by atoms with Crippen molar-refractivity contribution in [1.29, 1.82) is 0 Å². The van der Waals surface area contributed by atoms with Crippen molar-refractivity contribution in [3.8, 4) is 44.5 Å². The second-order valence-corrected chi connectivity index (χ2v) is 12.5. The van der Waals surface area contributed by atoms with Gasteiger partial charge in [0.1, 0.15) is 0 Å². The van der Waals surface area contributed by atoms with E-state index in [9.17, 15) is 0 Å². The van der Waals surface area contributed by atoms with Gasteiger partial charge in [-0.25, -0.2) is 0 Å². The number of hydrogen-bond acceptors (Lipinski definition) is 0. The van der Waals surface area contributed by atoms with Gasteiger partial charge in [0.15, 0.2) is 0 Å². The maximum atomic E-state index is 2.46. The Morgan fingerprint density at radius 2 is 0.930 bits per heavy atom. The van der Waals surface area contributed by atoms with Crippen LogP contribution in [0.15, 0.2) is 146 Å². The molecule has 1 aliphatic rings. The van der Waals surface area contributed by atoms with E-state index >= 15 is 0 Å². The van der Waals surface area contributed by atoms with Crippen molar-refractivity contribution in [1.82, 2.24) is 0 Å². The molecule has 0 aromatic heterocycles. The molecule has 0 amide bonds. The number of fused-ring (bicyclic) bond motifs is 3. The van der Waals surface area contributed by atoms with Gasteiger partial charge in [0, 0.05) is 5.41 Å². The summed E-state index contributed by atoms with van der Waals surface area (Å²) in [6.45, 7) is 4.73. The SMILES string of the molecule is CC1(C)c2ccccc2-c2ccc(-c3cc(-c4ccc(-c5ccccc5)cc4)c4ccc5cccc6ccc3c4c56)cc21. The van der Waals surface area contributed by atoms with Crippen LogP contribution in [0.2, 0.25) is 0 Å². The average molecular weight is 547 g/mol. The monoisotopic (exact) mass is 546 g/mol. The van der Waals surface area contributed by atoms with Crippen molar-refractivity contribution >= 4 is 32.3 Å². The van der Waals surface area contributed by atoms with Crippen LogP contribution < -0.4 is 0 Å². The zero-order chi connectivity index (χ0) is 28.7. The third-order valence-electron chi connectivity index (χ3n) is 9.84. The molecule has 8 aromatic carbocycles. The van der Waals surface area contributed by atoms with Crippen molar-refractivity contribution in [2.45, 2.75) is 19.3 Å². The van der Waals surface area contributed by atoms with Gasteiger partial charge in [0.2, 0.25) is 0 Å². The molecule has 0 saturated carbocycles. The second-order valence-electron chi connectivity index (χ2n) is 12.5. The van der Waals surface area contributed by atoms with Gasteiger partial charge in [-0.2, -0.15) is 0 Å². The van der Waals surface area contributed by atoms with Gasteiger partial charge in [0.25, 0.3) is 0 Å².